The number of rotatable bonds is 6. The average Bonchev–Trinajstić information content (AvgIpc) is 2.76. The van der Waals surface area contributed by atoms with Crippen LogP contribution in [0.3, 0.4) is 0 Å². The van der Waals surface area contributed by atoms with E-state index < -0.39 is 40.9 Å². The van der Waals surface area contributed by atoms with Gasteiger partial charge in [0, 0.05) is 12.6 Å². The molecule has 1 saturated heterocycles. The third kappa shape index (κ3) is 4.94. The number of carbonyl (C=O) groups excluding carboxylic acids is 2. The first kappa shape index (κ1) is 16.7. The lowest BCUT2D eigenvalue weighted by Crippen LogP contribution is -2.52. The largest absolute Gasteiger partial charge is 0.446 e. The van der Waals surface area contributed by atoms with Crippen LogP contribution in [0.1, 0.15) is 20.3 Å². The Bertz CT molecular complexity index is 458. The highest BCUT2D eigenvalue weighted by Crippen LogP contribution is 2.12. The van der Waals surface area contributed by atoms with Crippen LogP contribution in [-0.4, -0.2) is 56.5 Å². The summed E-state index contributed by atoms with van der Waals surface area (Å²) in [5.41, 5.74) is 5.06. The summed E-state index contributed by atoms with van der Waals surface area (Å²) in [6, 6.07) is -0.424. The molecule has 0 spiro atoms. The molecule has 0 aromatic heterocycles. The Labute approximate surface area is 118 Å². The minimum Gasteiger partial charge on any atom is -0.446 e. The second-order valence-electron chi connectivity index (χ2n) is 4.72. The molecular weight excluding hydrogens is 288 g/mol. The summed E-state index contributed by atoms with van der Waals surface area (Å²) in [6.07, 6.45) is -1.00. The monoisotopic (exact) mass is 308 g/mol. The van der Waals surface area contributed by atoms with Crippen LogP contribution in [0, 0.1) is 0 Å². The summed E-state index contributed by atoms with van der Waals surface area (Å²) in [5.74, 6) is -0.792. The maximum absolute atomic E-state index is 12.1. The second kappa shape index (κ2) is 6.86. The lowest BCUT2D eigenvalue weighted by Gasteiger charge is -2.26. The molecule has 0 aromatic carbocycles. The summed E-state index contributed by atoms with van der Waals surface area (Å²) < 4.78 is 31.6. The first-order valence-corrected chi connectivity index (χ1v) is 7.65. The van der Waals surface area contributed by atoms with Gasteiger partial charge in [0.1, 0.15) is 0 Å². The van der Waals surface area contributed by atoms with Crippen molar-refractivity contribution in [3.8, 4) is 0 Å². The normalized spacial score (nSPS) is 19.3. The van der Waals surface area contributed by atoms with Crippen LogP contribution in [0.25, 0.3) is 0 Å². The van der Waals surface area contributed by atoms with Gasteiger partial charge in [-0.2, -0.15) is 12.7 Å². The van der Waals surface area contributed by atoms with Crippen molar-refractivity contribution in [2.75, 3.05) is 19.6 Å². The average molecular weight is 308 g/mol. The number of nitrogens with zero attached hydrogens (tertiary/aromatic N) is 1. The van der Waals surface area contributed by atoms with Gasteiger partial charge in [-0.25, -0.2) is 9.52 Å². The Morgan fingerprint density at radius 1 is 1.50 bits per heavy atom. The molecule has 1 aliphatic heterocycles. The van der Waals surface area contributed by atoms with E-state index in [2.05, 4.69) is 5.32 Å². The van der Waals surface area contributed by atoms with E-state index in [-0.39, 0.29) is 0 Å². The molecule has 1 atom stereocenters. The van der Waals surface area contributed by atoms with Crippen LogP contribution in [0.15, 0.2) is 0 Å². The standard InChI is InChI=1S/C10H20N4O5S/c1-7(2)19-10(16)13-20(17,18)14(6-9(11)15)8-3-4-12-5-8/h7-8,12H,3-6H2,1-2H3,(H2,11,15)(H,13,16). The van der Waals surface area contributed by atoms with Crippen LogP contribution >= 0.6 is 0 Å². The molecule has 4 N–H and O–H groups in total. The number of nitrogens with two attached hydrogens (primary N) is 1. The summed E-state index contributed by atoms with van der Waals surface area (Å²) in [7, 11) is -4.18. The van der Waals surface area contributed by atoms with Crippen molar-refractivity contribution in [3.63, 3.8) is 0 Å². The Balaban J connectivity index is 2.81. The first-order valence-electron chi connectivity index (χ1n) is 6.21. The highest BCUT2D eigenvalue weighted by atomic mass is 32.2. The van der Waals surface area contributed by atoms with E-state index in [1.54, 1.807) is 18.6 Å². The number of nitrogens with one attached hydrogen (secondary N) is 2. The molecule has 1 fully saturated rings. The quantitative estimate of drug-likeness (QED) is 0.548. The van der Waals surface area contributed by atoms with Gasteiger partial charge < -0.3 is 15.8 Å². The van der Waals surface area contributed by atoms with Crippen molar-refractivity contribution in [1.29, 1.82) is 0 Å². The Hall–Kier alpha value is -1.39. The van der Waals surface area contributed by atoms with Crippen molar-refractivity contribution in [2.24, 2.45) is 5.73 Å². The summed E-state index contributed by atoms with van der Waals surface area (Å²) in [5, 5.41) is 2.98. The minimum absolute atomic E-state index is 0.396. The summed E-state index contributed by atoms with van der Waals surface area (Å²) in [6.45, 7) is 3.72. The molecule has 1 heterocycles. The molecule has 0 saturated carbocycles. The molecule has 0 aromatic rings. The molecule has 10 heteroatoms. The molecule has 1 aliphatic rings. The molecule has 20 heavy (non-hydrogen) atoms. The SMILES string of the molecule is CC(C)OC(=O)NS(=O)(=O)N(CC(N)=O)C1CCNC1. The van der Waals surface area contributed by atoms with Crippen LogP contribution in [0.5, 0.6) is 0 Å². The topological polar surface area (TPSA) is 131 Å². The minimum atomic E-state index is -4.18. The number of hydrogen-bond donors (Lipinski definition) is 3. The highest BCUT2D eigenvalue weighted by molar-refractivity contribution is 7.87. The molecular formula is C10H20N4O5S. The molecule has 0 radical (unpaired) electrons. The van der Waals surface area contributed by atoms with Gasteiger partial charge in [0.2, 0.25) is 5.91 Å². The van der Waals surface area contributed by atoms with E-state index in [0.29, 0.717) is 19.5 Å². The number of carbonyl (C=O) groups is 2. The smallest absolute Gasteiger partial charge is 0.422 e. The molecule has 9 nitrogen and oxygen atoms in total. The van der Waals surface area contributed by atoms with Crippen LogP contribution in [-0.2, 0) is 19.7 Å². The highest BCUT2D eigenvalue weighted by Gasteiger charge is 2.34. The van der Waals surface area contributed by atoms with Crippen molar-refractivity contribution >= 4 is 22.2 Å². The zero-order chi connectivity index (χ0) is 15.3. The fourth-order valence-corrected chi connectivity index (χ4v) is 3.10. The van der Waals surface area contributed by atoms with Gasteiger partial charge in [0.25, 0.3) is 0 Å². The van der Waals surface area contributed by atoms with Crippen molar-refractivity contribution in [2.45, 2.75) is 32.4 Å². The van der Waals surface area contributed by atoms with Crippen LogP contribution in [0.2, 0.25) is 0 Å². The number of ether oxygens (including phenoxy) is 1. The number of primary amides is 1. The zero-order valence-corrected chi connectivity index (χ0v) is 12.3. The van der Waals surface area contributed by atoms with E-state index in [9.17, 15) is 18.0 Å². The predicted molar refractivity (Wildman–Crippen MR) is 70.8 cm³/mol. The van der Waals surface area contributed by atoms with Crippen LogP contribution in [0.4, 0.5) is 4.79 Å². The van der Waals surface area contributed by atoms with E-state index in [4.69, 9.17) is 10.5 Å². The molecule has 116 valence electrons. The van der Waals surface area contributed by atoms with Gasteiger partial charge >= 0.3 is 16.3 Å². The summed E-state index contributed by atoms with van der Waals surface area (Å²) in [4.78, 5) is 22.4. The van der Waals surface area contributed by atoms with Gasteiger partial charge in [-0.05, 0) is 26.8 Å². The van der Waals surface area contributed by atoms with E-state index in [0.717, 1.165) is 4.31 Å². The molecule has 2 amide bonds. The van der Waals surface area contributed by atoms with Gasteiger partial charge in [-0.1, -0.05) is 0 Å². The predicted octanol–water partition coefficient (Wildman–Crippen LogP) is -1.48. The van der Waals surface area contributed by atoms with Crippen molar-refractivity contribution < 1.29 is 22.7 Å². The molecule has 1 unspecified atom stereocenters. The van der Waals surface area contributed by atoms with Crippen molar-refractivity contribution in [1.82, 2.24) is 14.3 Å². The van der Waals surface area contributed by atoms with Crippen LogP contribution < -0.4 is 15.8 Å². The molecule has 0 aliphatic carbocycles. The maximum atomic E-state index is 12.1. The Kier molecular flexibility index (Phi) is 5.72. The van der Waals surface area contributed by atoms with Gasteiger partial charge in [-0.15, -0.1) is 0 Å². The Morgan fingerprint density at radius 2 is 2.15 bits per heavy atom. The van der Waals surface area contributed by atoms with Crippen molar-refractivity contribution in [3.05, 3.63) is 0 Å². The lowest BCUT2D eigenvalue weighted by atomic mass is 10.2. The summed E-state index contributed by atoms with van der Waals surface area (Å²) >= 11 is 0. The van der Waals surface area contributed by atoms with E-state index in [1.807, 2.05) is 0 Å². The number of hydrogen-bond acceptors (Lipinski definition) is 6. The third-order valence-corrected chi connectivity index (χ3v) is 4.09. The van der Waals surface area contributed by atoms with Gasteiger partial charge in [0.15, 0.2) is 0 Å². The first-order chi connectivity index (χ1) is 9.22. The molecule has 1 rings (SSSR count). The lowest BCUT2D eigenvalue weighted by molar-refractivity contribution is -0.118. The molecule has 0 bridgehead atoms. The number of amides is 2. The second-order valence-corrected chi connectivity index (χ2v) is 6.34. The third-order valence-electron chi connectivity index (χ3n) is 2.62. The fraction of sp³-hybridized carbons (Fsp3) is 0.800. The van der Waals surface area contributed by atoms with Gasteiger partial charge in [-0.3, -0.25) is 4.79 Å². The fourth-order valence-electron chi connectivity index (χ4n) is 1.85. The maximum Gasteiger partial charge on any atom is 0.422 e. The zero-order valence-electron chi connectivity index (χ0n) is 11.5. The van der Waals surface area contributed by atoms with E-state index in [1.165, 1.54) is 0 Å². The van der Waals surface area contributed by atoms with Gasteiger partial charge in [0.05, 0.1) is 12.6 Å². The Morgan fingerprint density at radius 3 is 2.60 bits per heavy atom. The van der Waals surface area contributed by atoms with E-state index >= 15 is 0 Å².